The van der Waals surface area contributed by atoms with Crippen molar-refractivity contribution in [3.63, 3.8) is 0 Å². The Bertz CT molecular complexity index is 833. The maximum atomic E-state index is 12.1. The maximum Gasteiger partial charge on any atom is 0.239 e. The normalized spacial score (nSPS) is 10.9. The van der Waals surface area contributed by atoms with E-state index in [-0.39, 0.29) is 11.7 Å². The largest absolute Gasteiger partial charge is 0.326 e. The monoisotopic (exact) mass is 346 g/mol. The lowest BCUT2D eigenvalue weighted by Gasteiger charge is -2.08. The van der Waals surface area contributed by atoms with Gasteiger partial charge < -0.3 is 10.6 Å². The fraction of sp³-hybridized carbons (Fsp3) is 0.176. The van der Waals surface area contributed by atoms with Gasteiger partial charge >= 0.3 is 0 Å². The fourth-order valence-electron chi connectivity index (χ4n) is 2.15. The molecular weight excluding hydrogens is 328 g/mol. The fourth-order valence-corrected chi connectivity index (χ4v) is 3.43. The van der Waals surface area contributed by atoms with Gasteiger partial charge in [-0.2, -0.15) is 0 Å². The van der Waals surface area contributed by atoms with E-state index in [2.05, 4.69) is 10.6 Å². The molecule has 0 aliphatic carbocycles. The second-order valence-corrected chi connectivity index (χ2v) is 7.39. The number of amides is 2. The molecule has 0 aromatic heterocycles. The van der Waals surface area contributed by atoms with Gasteiger partial charge in [0.15, 0.2) is 9.84 Å². The molecule has 0 fully saturated rings. The molecule has 0 saturated carbocycles. The van der Waals surface area contributed by atoms with E-state index in [4.69, 9.17) is 0 Å². The van der Waals surface area contributed by atoms with Crippen molar-refractivity contribution in [3.8, 4) is 0 Å². The van der Waals surface area contributed by atoms with Gasteiger partial charge in [-0.15, -0.1) is 0 Å². The van der Waals surface area contributed by atoms with E-state index in [1.165, 1.54) is 6.92 Å². The molecule has 2 amide bonds. The van der Waals surface area contributed by atoms with Gasteiger partial charge in [-0.1, -0.05) is 36.4 Å². The van der Waals surface area contributed by atoms with Crippen LogP contribution >= 0.6 is 0 Å². The van der Waals surface area contributed by atoms with Gasteiger partial charge in [0.05, 0.1) is 5.75 Å². The number of carbonyl (C=O) groups is 2. The highest BCUT2D eigenvalue weighted by Gasteiger charge is 2.17. The summed E-state index contributed by atoms with van der Waals surface area (Å²) >= 11 is 0. The summed E-state index contributed by atoms with van der Waals surface area (Å²) in [5, 5.41) is 5.12. The van der Waals surface area contributed by atoms with Crippen LogP contribution in [0.15, 0.2) is 54.6 Å². The number of rotatable bonds is 6. The minimum Gasteiger partial charge on any atom is -0.326 e. The first kappa shape index (κ1) is 17.7. The van der Waals surface area contributed by atoms with Crippen molar-refractivity contribution in [3.05, 3.63) is 60.2 Å². The van der Waals surface area contributed by atoms with Crippen LogP contribution in [0, 0.1) is 0 Å². The molecule has 0 saturated heterocycles. The lowest BCUT2D eigenvalue weighted by Crippen LogP contribution is -2.24. The van der Waals surface area contributed by atoms with Gasteiger partial charge in [0.2, 0.25) is 11.8 Å². The summed E-state index contributed by atoms with van der Waals surface area (Å²) in [5.74, 6) is -1.64. The van der Waals surface area contributed by atoms with E-state index in [0.717, 1.165) is 0 Å². The van der Waals surface area contributed by atoms with Crippen LogP contribution in [0.4, 0.5) is 11.4 Å². The summed E-state index contributed by atoms with van der Waals surface area (Å²) in [6, 6.07) is 15.2. The third-order valence-electron chi connectivity index (χ3n) is 3.05. The number of nitrogens with one attached hydrogen (secondary N) is 2. The molecule has 0 bridgehead atoms. The highest BCUT2D eigenvalue weighted by atomic mass is 32.2. The number of hydrogen-bond donors (Lipinski definition) is 2. The van der Waals surface area contributed by atoms with Crippen LogP contribution in [0.5, 0.6) is 0 Å². The van der Waals surface area contributed by atoms with E-state index in [1.807, 2.05) is 0 Å². The number of sulfone groups is 1. The topological polar surface area (TPSA) is 92.3 Å². The summed E-state index contributed by atoms with van der Waals surface area (Å²) in [7, 11) is -3.56. The molecule has 2 rings (SSSR count). The van der Waals surface area contributed by atoms with Crippen molar-refractivity contribution in [1.29, 1.82) is 0 Å². The third-order valence-corrected chi connectivity index (χ3v) is 4.52. The lowest BCUT2D eigenvalue weighted by atomic mass is 10.2. The maximum absolute atomic E-state index is 12.1. The molecule has 126 valence electrons. The van der Waals surface area contributed by atoms with Crippen LogP contribution in [0.3, 0.4) is 0 Å². The van der Waals surface area contributed by atoms with Crippen molar-refractivity contribution >= 4 is 33.0 Å². The van der Waals surface area contributed by atoms with Crippen molar-refractivity contribution in [2.75, 3.05) is 16.4 Å². The number of hydrogen-bond acceptors (Lipinski definition) is 4. The Labute approximate surface area is 140 Å². The molecule has 0 atom stereocenters. The first-order valence-corrected chi connectivity index (χ1v) is 9.08. The van der Waals surface area contributed by atoms with Gasteiger partial charge in [0.1, 0.15) is 5.75 Å². The summed E-state index contributed by atoms with van der Waals surface area (Å²) < 4.78 is 24.2. The van der Waals surface area contributed by atoms with Crippen LogP contribution in [-0.4, -0.2) is 26.0 Å². The van der Waals surface area contributed by atoms with E-state index in [1.54, 1.807) is 54.6 Å². The van der Waals surface area contributed by atoms with Crippen molar-refractivity contribution < 1.29 is 18.0 Å². The zero-order valence-corrected chi connectivity index (χ0v) is 14.0. The number of benzene rings is 2. The Balaban J connectivity index is 1.98. The van der Waals surface area contributed by atoms with Crippen LogP contribution < -0.4 is 10.6 Å². The zero-order chi connectivity index (χ0) is 17.6. The predicted octanol–water partition coefficient (Wildman–Crippen LogP) is 2.20. The minimum atomic E-state index is -3.56. The van der Waals surface area contributed by atoms with E-state index in [0.29, 0.717) is 16.9 Å². The molecule has 6 nitrogen and oxygen atoms in total. The van der Waals surface area contributed by atoms with Crippen molar-refractivity contribution in [2.24, 2.45) is 0 Å². The highest BCUT2D eigenvalue weighted by Crippen LogP contribution is 2.15. The Morgan fingerprint density at radius 3 is 2.17 bits per heavy atom. The molecule has 7 heteroatoms. The Morgan fingerprint density at radius 1 is 0.917 bits per heavy atom. The average Bonchev–Trinajstić information content (AvgIpc) is 2.46. The highest BCUT2D eigenvalue weighted by molar-refractivity contribution is 7.91. The molecule has 2 aromatic carbocycles. The number of carbonyl (C=O) groups excluding carboxylic acids is 2. The smallest absolute Gasteiger partial charge is 0.239 e. The summed E-state index contributed by atoms with van der Waals surface area (Å²) in [6.07, 6.45) is 0. The van der Waals surface area contributed by atoms with Gasteiger partial charge in [0.25, 0.3) is 0 Å². The minimum absolute atomic E-state index is 0.187. The van der Waals surface area contributed by atoms with Gasteiger partial charge in [-0.25, -0.2) is 8.42 Å². The van der Waals surface area contributed by atoms with Crippen LogP contribution in [0.1, 0.15) is 12.5 Å². The molecule has 0 heterocycles. The van der Waals surface area contributed by atoms with Gasteiger partial charge in [0, 0.05) is 18.3 Å². The molecule has 24 heavy (non-hydrogen) atoms. The predicted molar refractivity (Wildman–Crippen MR) is 93.3 cm³/mol. The lowest BCUT2D eigenvalue weighted by molar-refractivity contribution is -0.114. The Kier molecular flexibility index (Phi) is 5.70. The third kappa shape index (κ3) is 5.85. The van der Waals surface area contributed by atoms with Crippen molar-refractivity contribution in [2.45, 2.75) is 12.7 Å². The average molecular weight is 346 g/mol. The Morgan fingerprint density at radius 2 is 1.54 bits per heavy atom. The molecule has 0 radical (unpaired) electrons. The standard InChI is InChI=1S/C17H18N2O4S/c1-13(20)18-15-8-5-9-16(10-15)19-17(21)12-24(22,23)11-14-6-3-2-4-7-14/h2-10H,11-12H2,1H3,(H,18,20)(H,19,21). The Hall–Kier alpha value is -2.67. The second kappa shape index (κ2) is 7.74. The van der Waals surface area contributed by atoms with E-state index >= 15 is 0 Å². The van der Waals surface area contributed by atoms with Crippen LogP contribution in [-0.2, 0) is 25.2 Å². The molecule has 0 aliphatic rings. The van der Waals surface area contributed by atoms with Gasteiger partial charge in [-0.05, 0) is 23.8 Å². The molecule has 0 aliphatic heterocycles. The molecule has 2 aromatic rings. The zero-order valence-electron chi connectivity index (χ0n) is 13.2. The first-order valence-electron chi connectivity index (χ1n) is 7.26. The summed E-state index contributed by atoms with van der Waals surface area (Å²) in [5.41, 5.74) is 1.58. The quantitative estimate of drug-likeness (QED) is 0.839. The SMILES string of the molecule is CC(=O)Nc1cccc(NC(=O)CS(=O)(=O)Cc2ccccc2)c1. The van der Waals surface area contributed by atoms with E-state index < -0.39 is 21.5 Å². The summed E-state index contributed by atoms with van der Waals surface area (Å²) in [6.45, 7) is 1.38. The van der Waals surface area contributed by atoms with Crippen molar-refractivity contribution in [1.82, 2.24) is 0 Å². The molecule has 0 unspecified atom stereocenters. The molecular formula is C17H18N2O4S. The van der Waals surface area contributed by atoms with Crippen LogP contribution in [0.25, 0.3) is 0 Å². The van der Waals surface area contributed by atoms with Gasteiger partial charge in [-0.3, -0.25) is 9.59 Å². The second-order valence-electron chi connectivity index (χ2n) is 5.33. The van der Waals surface area contributed by atoms with E-state index in [9.17, 15) is 18.0 Å². The molecule has 2 N–H and O–H groups in total. The molecule has 0 spiro atoms. The van der Waals surface area contributed by atoms with Crippen LogP contribution in [0.2, 0.25) is 0 Å². The number of anilines is 2. The first-order chi connectivity index (χ1) is 11.3. The summed E-state index contributed by atoms with van der Waals surface area (Å²) in [4.78, 5) is 23.0.